The van der Waals surface area contributed by atoms with Crippen LogP contribution in [0.4, 0.5) is 0 Å². The minimum absolute atomic E-state index is 0.223. The Hall–Kier alpha value is -1.16. The molecule has 0 spiro atoms. The minimum Gasteiger partial charge on any atom is -0.493 e. The first-order valence-corrected chi connectivity index (χ1v) is 7.87. The average molecular weight is 267 g/mol. The lowest BCUT2D eigenvalue weighted by Crippen LogP contribution is -2.18. The molecular formula is C14H19O3S+. The summed E-state index contributed by atoms with van der Waals surface area (Å²) in [6.45, 7) is 0. The molecule has 1 heterocycles. The van der Waals surface area contributed by atoms with Gasteiger partial charge >= 0.3 is 0 Å². The number of hydrogen-bond donors (Lipinski definition) is 0. The second kappa shape index (κ2) is 6.14. The van der Waals surface area contributed by atoms with Gasteiger partial charge in [0, 0.05) is 5.56 Å². The smallest absolute Gasteiger partial charge is 0.211 e. The summed E-state index contributed by atoms with van der Waals surface area (Å²) < 4.78 is 10.4. The molecule has 0 N–H and O–H groups in total. The maximum Gasteiger partial charge on any atom is 0.211 e. The Morgan fingerprint density at radius 3 is 2.44 bits per heavy atom. The number of carbonyl (C=O) groups excluding carboxylic acids is 1. The number of ether oxygens (including phenoxy) is 2. The largest absolute Gasteiger partial charge is 0.493 e. The molecule has 1 aromatic rings. The lowest BCUT2D eigenvalue weighted by atomic mass is 10.1. The van der Waals surface area contributed by atoms with Crippen molar-refractivity contribution in [3.05, 3.63) is 23.8 Å². The van der Waals surface area contributed by atoms with Gasteiger partial charge in [0.25, 0.3) is 0 Å². The van der Waals surface area contributed by atoms with E-state index in [9.17, 15) is 4.79 Å². The molecule has 18 heavy (non-hydrogen) atoms. The van der Waals surface area contributed by atoms with E-state index in [1.165, 1.54) is 24.3 Å². The first-order valence-electron chi connectivity index (χ1n) is 6.14. The van der Waals surface area contributed by atoms with Gasteiger partial charge in [-0.1, -0.05) is 0 Å². The summed E-state index contributed by atoms with van der Waals surface area (Å²) in [7, 11) is 3.49. The van der Waals surface area contributed by atoms with Crippen LogP contribution in [0.5, 0.6) is 11.5 Å². The fourth-order valence-electron chi connectivity index (χ4n) is 2.14. The summed E-state index contributed by atoms with van der Waals surface area (Å²) in [6.07, 6.45) is 2.56. The highest BCUT2D eigenvalue weighted by Gasteiger charge is 2.27. The zero-order chi connectivity index (χ0) is 13.0. The van der Waals surface area contributed by atoms with Crippen molar-refractivity contribution < 1.29 is 14.3 Å². The molecular weight excluding hydrogens is 248 g/mol. The Bertz CT molecular complexity index is 425. The highest BCUT2D eigenvalue weighted by atomic mass is 32.2. The molecule has 4 heteroatoms. The minimum atomic E-state index is 0.223. The third-order valence-corrected chi connectivity index (χ3v) is 5.56. The molecule has 1 aliphatic heterocycles. The molecule has 0 bridgehead atoms. The van der Waals surface area contributed by atoms with E-state index < -0.39 is 0 Å². The molecule has 0 amide bonds. The third kappa shape index (κ3) is 2.99. The molecule has 98 valence electrons. The van der Waals surface area contributed by atoms with Gasteiger partial charge in [-0.15, -0.1) is 0 Å². The van der Waals surface area contributed by atoms with Gasteiger partial charge in [-0.05, 0) is 41.9 Å². The van der Waals surface area contributed by atoms with Crippen molar-refractivity contribution in [3.63, 3.8) is 0 Å². The van der Waals surface area contributed by atoms with Crippen molar-refractivity contribution in [1.29, 1.82) is 0 Å². The van der Waals surface area contributed by atoms with Crippen LogP contribution in [-0.4, -0.2) is 37.3 Å². The van der Waals surface area contributed by atoms with Crippen LogP contribution < -0.4 is 9.47 Å². The van der Waals surface area contributed by atoms with Gasteiger partial charge in [-0.2, -0.15) is 0 Å². The Morgan fingerprint density at radius 1 is 1.17 bits per heavy atom. The molecule has 0 aliphatic carbocycles. The predicted molar refractivity (Wildman–Crippen MR) is 75.1 cm³/mol. The fraction of sp³-hybridized carbons (Fsp3) is 0.500. The Morgan fingerprint density at radius 2 is 1.83 bits per heavy atom. The zero-order valence-electron chi connectivity index (χ0n) is 10.9. The number of ketones is 1. The number of rotatable bonds is 5. The first-order chi connectivity index (χ1) is 8.74. The van der Waals surface area contributed by atoms with Crippen molar-refractivity contribution in [3.8, 4) is 11.5 Å². The first kappa shape index (κ1) is 13.3. The van der Waals surface area contributed by atoms with Gasteiger partial charge in [0.15, 0.2) is 17.3 Å². The van der Waals surface area contributed by atoms with Crippen LogP contribution in [-0.2, 0) is 10.9 Å². The van der Waals surface area contributed by atoms with Crippen LogP contribution in [0.3, 0.4) is 0 Å². The molecule has 3 nitrogen and oxygen atoms in total. The number of benzene rings is 1. The summed E-state index contributed by atoms with van der Waals surface area (Å²) in [4.78, 5) is 12.2. The summed E-state index contributed by atoms with van der Waals surface area (Å²) in [5.74, 6) is 4.64. The summed E-state index contributed by atoms with van der Waals surface area (Å²) in [5, 5.41) is 0. The SMILES string of the molecule is COc1ccc(C(=O)C[S+]2CCCC2)cc1OC. The normalized spacial score (nSPS) is 15.7. The molecule has 1 aliphatic rings. The van der Waals surface area contributed by atoms with Crippen molar-refractivity contribution in [2.75, 3.05) is 31.5 Å². The summed E-state index contributed by atoms with van der Waals surface area (Å²) >= 11 is 0. The van der Waals surface area contributed by atoms with Crippen LogP contribution in [0.2, 0.25) is 0 Å². The van der Waals surface area contributed by atoms with Crippen LogP contribution in [0.15, 0.2) is 18.2 Å². The Labute approximate surface area is 111 Å². The van der Waals surface area contributed by atoms with Gasteiger partial charge in [0.05, 0.1) is 14.2 Å². The lowest BCUT2D eigenvalue weighted by Gasteiger charge is -2.08. The van der Waals surface area contributed by atoms with E-state index in [0.717, 1.165) is 5.56 Å². The molecule has 1 aromatic carbocycles. The van der Waals surface area contributed by atoms with E-state index in [4.69, 9.17) is 9.47 Å². The lowest BCUT2D eigenvalue weighted by molar-refractivity contribution is 0.102. The molecule has 1 fully saturated rings. The van der Waals surface area contributed by atoms with E-state index in [1.807, 2.05) is 6.07 Å². The summed E-state index contributed by atoms with van der Waals surface area (Å²) in [5.41, 5.74) is 0.729. The maximum atomic E-state index is 12.2. The van der Waals surface area contributed by atoms with Gasteiger partial charge in [-0.25, -0.2) is 0 Å². The van der Waals surface area contributed by atoms with E-state index in [-0.39, 0.29) is 5.78 Å². The third-order valence-electron chi connectivity index (χ3n) is 3.16. The number of Topliss-reactive ketones (excluding diaryl/α,β-unsaturated/α-hetero) is 1. The van der Waals surface area contributed by atoms with Gasteiger partial charge in [0.1, 0.15) is 11.5 Å². The van der Waals surface area contributed by atoms with E-state index in [2.05, 4.69) is 0 Å². The second-order valence-electron chi connectivity index (χ2n) is 4.37. The second-order valence-corrected chi connectivity index (χ2v) is 6.69. The molecule has 2 rings (SSSR count). The van der Waals surface area contributed by atoms with Crippen LogP contribution in [0.1, 0.15) is 23.2 Å². The molecule has 0 unspecified atom stereocenters. The average Bonchev–Trinajstić information content (AvgIpc) is 2.90. The number of hydrogen-bond acceptors (Lipinski definition) is 3. The van der Waals surface area contributed by atoms with Crippen LogP contribution in [0.25, 0.3) is 0 Å². The molecule has 0 radical (unpaired) electrons. The fourth-order valence-corrected chi connectivity index (χ4v) is 4.39. The topological polar surface area (TPSA) is 35.5 Å². The Kier molecular flexibility index (Phi) is 4.53. The van der Waals surface area contributed by atoms with Crippen LogP contribution in [0, 0.1) is 0 Å². The summed E-state index contributed by atoms with van der Waals surface area (Å²) in [6, 6.07) is 5.40. The van der Waals surface area contributed by atoms with Crippen LogP contribution >= 0.6 is 0 Å². The van der Waals surface area contributed by atoms with Gasteiger partial charge < -0.3 is 9.47 Å². The molecule has 0 saturated carbocycles. The van der Waals surface area contributed by atoms with Crippen molar-refractivity contribution in [2.24, 2.45) is 0 Å². The quantitative estimate of drug-likeness (QED) is 0.606. The molecule has 0 aromatic heterocycles. The van der Waals surface area contributed by atoms with Gasteiger partial charge in [0.2, 0.25) is 5.78 Å². The molecule has 0 atom stereocenters. The highest BCUT2D eigenvalue weighted by Crippen LogP contribution is 2.28. The van der Waals surface area contributed by atoms with E-state index >= 15 is 0 Å². The molecule has 1 saturated heterocycles. The Balaban J connectivity index is 2.09. The van der Waals surface area contributed by atoms with Crippen molar-refractivity contribution in [2.45, 2.75) is 12.8 Å². The van der Waals surface area contributed by atoms with Crippen molar-refractivity contribution >= 4 is 16.7 Å². The monoisotopic (exact) mass is 267 g/mol. The highest BCUT2D eigenvalue weighted by molar-refractivity contribution is 7.97. The van der Waals surface area contributed by atoms with E-state index in [1.54, 1.807) is 26.4 Å². The van der Waals surface area contributed by atoms with Gasteiger partial charge in [-0.3, -0.25) is 4.79 Å². The zero-order valence-corrected chi connectivity index (χ0v) is 11.7. The number of methoxy groups -OCH3 is 2. The van der Waals surface area contributed by atoms with E-state index in [0.29, 0.717) is 28.1 Å². The number of carbonyl (C=O) groups is 1. The predicted octanol–water partition coefficient (Wildman–Crippen LogP) is 2.30. The maximum absolute atomic E-state index is 12.2. The van der Waals surface area contributed by atoms with Crippen molar-refractivity contribution in [1.82, 2.24) is 0 Å². The standard InChI is InChI=1S/C14H19O3S/c1-16-13-6-5-11(9-14(13)17-2)12(15)10-18-7-3-4-8-18/h5-6,9H,3-4,7-8,10H2,1-2H3/q+1.